The number of nitrogens with zero attached hydrogens (tertiary/aromatic N) is 1. The molecule has 2 aromatic rings. The molecule has 1 aromatic carbocycles. The van der Waals surface area contributed by atoms with Crippen LogP contribution < -0.4 is 5.32 Å². The average Bonchev–Trinajstić information content (AvgIpc) is 2.94. The normalized spacial score (nSPS) is 13.3. The lowest BCUT2D eigenvalue weighted by atomic mass is 10.1. The van der Waals surface area contributed by atoms with Crippen LogP contribution in [0.2, 0.25) is 0 Å². The summed E-state index contributed by atoms with van der Waals surface area (Å²) >= 11 is 1.57. The fraction of sp³-hybridized carbons (Fsp3) is 0.400. The minimum atomic E-state index is -4.40. The smallest absolute Gasteiger partial charge is 0.387 e. The summed E-state index contributed by atoms with van der Waals surface area (Å²) in [6.45, 7) is 2.67. The van der Waals surface area contributed by atoms with E-state index >= 15 is 0 Å². The highest BCUT2D eigenvalue weighted by atomic mass is 32.1. The molecule has 0 amide bonds. The Balaban J connectivity index is 1.90. The second-order valence-corrected chi connectivity index (χ2v) is 5.80. The summed E-state index contributed by atoms with van der Waals surface area (Å²) < 4.78 is 37.9. The molecule has 22 heavy (non-hydrogen) atoms. The largest absolute Gasteiger partial charge is 0.416 e. The number of aryl methyl sites for hydroxylation is 1. The lowest BCUT2D eigenvalue weighted by Gasteiger charge is -2.14. The number of aliphatic hydroxyl groups excluding tert-OH is 1. The first-order chi connectivity index (χ1) is 10.4. The Bertz CT molecular complexity index is 613. The summed E-state index contributed by atoms with van der Waals surface area (Å²) in [7, 11) is 0. The van der Waals surface area contributed by atoms with Gasteiger partial charge in [-0.2, -0.15) is 13.2 Å². The van der Waals surface area contributed by atoms with Gasteiger partial charge < -0.3 is 10.4 Å². The lowest BCUT2D eigenvalue weighted by molar-refractivity contribution is -0.137. The van der Waals surface area contributed by atoms with Crippen molar-refractivity contribution >= 4 is 11.3 Å². The Morgan fingerprint density at radius 3 is 2.77 bits per heavy atom. The Morgan fingerprint density at radius 1 is 1.36 bits per heavy atom. The Hall–Kier alpha value is -1.44. The van der Waals surface area contributed by atoms with Crippen molar-refractivity contribution in [2.24, 2.45) is 0 Å². The number of hydrogen-bond acceptors (Lipinski definition) is 4. The van der Waals surface area contributed by atoms with Crippen LogP contribution in [0.3, 0.4) is 0 Å². The predicted octanol–water partition coefficient (Wildman–Crippen LogP) is 3.55. The molecule has 0 aliphatic carbocycles. The molecule has 1 heterocycles. The summed E-state index contributed by atoms with van der Waals surface area (Å²) in [6.07, 6.45) is -4.52. The zero-order chi connectivity index (χ0) is 16.2. The highest BCUT2D eigenvalue weighted by Crippen LogP contribution is 2.30. The lowest BCUT2D eigenvalue weighted by Crippen LogP contribution is -2.21. The molecule has 0 saturated carbocycles. The minimum Gasteiger partial charge on any atom is -0.387 e. The van der Waals surface area contributed by atoms with E-state index < -0.39 is 17.8 Å². The van der Waals surface area contributed by atoms with Gasteiger partial charge in [-0.1, -0.05) is 19.1 Å². The van der Waals surface area contributed by atoms with Crippen molar-refractivity contribution < 1.29 is 18.3 Å². The van der Waals surface area contributed by atoms with E-state index in [0.29, 0.717) is 6.54 Å². The molecular weight excluding hydrogens is 313 g/mol. The van der Waals surface area contributed by atoms with Crippen LogP contribution in [0.15, 0.2) is 29.6 Å². The Morgan fingerprint density at radius 2 is 2.14 bits per heavy atom. The quantitative estimate of drug-likeness (QED) is 0.851. The van der Waals surface area contributed by atoms with Gasteiger partial charge in [0.05, 0.1) is 22.4 Å². The molecule has 0 aliphatic rings. The fourth-order valence-electron chi connectivity index (χ4n) is 1.97. The van der Waals surface area contributed by atoms with Crippen molar-refractivity contribution in [3.63, 3.8) is 0 Å². The van der Waals surface area contributed by atoms with Crippen molar-refractivity contribution in [3.05, 3.63) is 51.5 Å². The Kier molecular flexibility index (Phi) is 5.55. The number of aliphatic hydroxyl groups is 1. The predicted molar refractivity (Wildman–Crippen MR) is 79.6 cm³/mol. The number of thiazole rings is 1. The molecule has 0 unspecified atom stereocenters. The second-order valence-electron chi connectivity index (χ2n) is 4.86. The van der Waals surface area contributed by atoms with E-state index in [1.807, 2.05) is 12.3 Å². The fourth-order valence-corrected chi connectivity index (χ4v) is 2.71. The molecule has 0 saturated heterocycles. The van der Waals surface area contributed by atoms with Crippen molar-refractivity contribution in [1.82, 2.24) is 10.3 Å². The van der Waals surface area contributed by atoms with Crippen LogP contribution in [0.4, 0.5) is 13.2 Å². The topological polar surface area (TPSA) is 45.2 Å². The third-order valence-corrected chi connectivity index (χ3v) is 4.19. The molecule has 0 radical (unpaired) electrons. The van der Waals surface area contributed by atoms with Crippen LogP contribution in [0, 0.1) is 0 Å². The molecule has 120 valence electrons. The molecule has 2 rings (SSSR count). The third-order valence-electron chi connectivity index (χ3n) is 3.14. The van der Waals surface area contributed by atoms with Gasteiger partial charge in [-0.15, -0.1) is 11.3 Å². The zero-order valence-corrected chi connectivity index (χ0v) is 12.8. The van der Waals surface area contributed by atoms with Crippen molar-refractivity contribution in [2.45, 2.75) is 32.2 Å². The van der Waals surface area contributed by atoms with Crippen molar-refractivity contribution in [3.8, 4) is 0 Å². The monoisotopic (exact) mass is 330 g/mol. The van der Waals surface area contributed by atoms with Crippen LogP contribution in [-0.2, 0) is 19.1 Å². The molecule has 0 aliphatic heterocycles. The number of halogens is 3. The van der Waals surface area contributed by atoms with E-state index in [1.54, 1.807) is 11.3 Å². The second kappa shape index (κ2) is 7.21. The first-order valence-electron chi connectivity index (χ1n) is 6.89. The van der Waals surface area contributed by atoms with E-state index in [4.69, 9.17) is 0 Å². The molecular formula is C15H17F3N2OS. The molecule has 2 N–H and O–H groups in total. The van der Waals surface area contributed by atoms with E-state index in [2.05, 4.69) is 10.3 Å². The summed E-state index contributed by atoms with van der Waals surface area (Å²) in [6, 6.07) is 4.75. The molecule has 1 atom stereocenters. The van der Waals surface area contributed by atoms with Gasteiger partial charge in [0.2, 0.25) is 0 Å². The zero-order valence-electron chi connectivity index (χ0n) is 12.0. The summed E-state index contributed by atoms with van der Waals surface area (Å²) in [5, 5.41) is 16.0. The number of hydrogen-bond donors (Lipinski definition) is 2. The molecule has 0 bridgehead atoms. The van der Waals surface area contributed by atoms with Crippen LogP contribution in [0.1, 0.15) is 34.9 Å². The van der Waals surface area contributed by atoms with E-state index in [9.17, 15) is 18.3 Å². The molecule has 3 nitrogen and oxygen atoms in total. The van der Waals surface area contributed by atoms with Gasteiger partial charge in [0.1, 0.15) is 0 Å². The van der Waals surface area contributed by atoms with Crippen molar-refractivity contribution in [1.29, 1.82) is 0 Å². The summed E-state index contributed by atoms with van der Waals surface area (Å²) in [5.41, 5.74) is 0.365. The first kappa shape index (κ1) is 16.9. The number of nitrogens with one attached hydrogen (secondary N) is 1. The standard InChI is InChI=1S/C15H17F3N2OS/c1-2-14-20-12(9-22-14)7-19-8-13(21)10-4-3-5-11(6-10)15(16,17)18/h3-6,9,13,19,21H,2,7-8H2,1H3/t13-/m0/s1. The number of alkyl halides is 3. The molecule has 0 spiro atoms. The van der Waals surface area contributed by atoms with Gasteiger partial charge in [0.25, 0.3) is 0 Å². The van der Waals surface area contributed by atoms with Gasteiger partial charge in [-0.25, -0.2) is 4.98 Å². The highest BCUT2D eigenvalue weighted by molar-refractivity contribution is 7.09. The molecule has 7 heteroatoms. The van der Waals surface area contributed by atoms with E-state index in [-0.39, 0.29) is 12.1 Å². The van der Waals surface area contributed by atoms with Gasteiger partial charge in [-0.3, -0.25) is 0 Å². The maximum atomic E-state index is 12.6. The number of rotatable bonds is 6. The summed E-state index contributed by atoms with van der Waals surface area (Å²) in [5.74, 6) is 0. The minimum absolute atomic E-state index is 0.167. The van der Waals surface area contributed by atoms with Crippen molar-refractivity contribution in [2.75, 3.05) is 6.54 Å². The maximum absolute atomic E-state index is 12.6. The SMILES string of the molecule is CCc1nc(CNC[C@H](O)c2cccc(C(F)(F)F)c2)cs1. The summed E-state index contributed by atoms with van der Waals surface area (Å²) in [4.78, 5) is 4.37. The van der Waals surface area contributed by atoms with Gasteiger partial charge in [0, 0.05) is 18.5 Å². The molecule has 1 aromatic heterocycles. The van der Waals surface area contributed by atoms with Crippen LogP contribution >= 0.6 is 11.3 Å². The maximum Gasteiger partial charge on any atom is 0.416 e. The molecule has 0 fully saturated rings. The average molecular weight is 330 g/mol. The Labute approximate surface area is 130 Å². The van der Waals surface area contributed by atoms with E-state index in [1.165, 1.54) is 12.1 Å². The van der Waals surface area contributed by atoms with E-state index in [0.717, 1.165) is 29.3 Å². The number of aromatic nitrogens is 1. The highest BCUT2D eigenvalue weighted by Gasteiger charge is 2.30. The van der Waals surface area contributed by atoms with Gasteiger partial charge in [-0.05, 0) is 24.1 Å². The third kappa shape index (κ3) is 4.53. The van der Waals surface area contributed by atoms with Gasteiger partial charge in [0.15, 0.2) is 0 Å². The first-order valence-corrected chi connectivity index (χ1v) is 7.77. The van der Waals surface area contributed by atoms with Crippen LogP contribution in [-0.4, -0.2) is 16.6 Å². The number of benzene rings is 1. The van der Waals surface area contributed by atoms with Crippen LogP contribution in [0.5, 0.6) is 0 Å². The van der Waals surface area contributed by atoms with Gasteiger partial charge >= 0.3 is 6.18 Å². The van der Waals surface area contributed by atoms with Crippen LogP contribution in [0.25, 0.3) is 0 Å².